The zero-order valence-electron chi connectivity index (χ0n) is 11.6. The van der Waals surface area contributed by atoms with Gasteiger partial charge in [-0.25, -0.2) is 9.65 Å². The van der Waals surface area contributed by atoms with E-state index in [4.69, 9.17) is 9.05 Å². The minimum absolute atomic E-state index is 0.234. The molecule has 0 aliphatic carbocycles. The Bertz CT molecular complexity index is 601. The summed E-state index contributed by atoms with van der Waals surface area (Å²) in [5.74, 6) is 0.509. The van der Waals surface area contributed by atoms with Gasteiger partial charge in [0.15, 0.2) is 0 Å². The molecule has 1 atom stereocenters. The van der Waals surface area contributed by atoms with Crippen molar-refractivity contribution < 1.29 is 13.6 Å². The van der Waals surface area contributed by atoms with Gasteiger partial charge >= 0.3 is 7.75 Å². The Kier molecular flexibility index (Phi) is 4.96. The first-order valence-corrected chi connectivity index (χ1v) is 7.90. The lowest BCUT2D eigenvalue weighted by molar-refractivity contribution is 0.248. The number of para-hydroxylation sites is 1. The van der Waals surface area contributed by atoms with E-state index in [0.717, 1.165) is 11.1 Å². The monoisotopic (exact) mass is 291 g/mol. The number of hydrogen-bond donors (Lipinski definition) is 1. The van der Waals surface area contributed by atoms with Gasteiger partial charge in [-0.1, -0.05) is 42.5 Å². The van der Waals surface area contributed by atoms with E-state index < -0.39 is 7.75 Å². The fourth-order valence-corrected chi connectivity index (χ4v) is 2.66. The molecule has 4 nitrogen and oxygen atoms in total. The van der Waals surface area contributed by atoms with Gasteiger partial charge in [-0.05, 0) is 37.2 Å². The molecule has 0 aliphatic rings. The standard InChI is InChI=1S/C15H18NO3P/c1-13-8-6-7-9-14(13)12-18-20(17,16-2)19-15-10-4-3-5-11-15/h3-11H,12H2,1-2H3,(H,16,17). The second-order valence-corrected chi connectivity index (χ2v) is 6.21. The first-order valence-electron chi connectivity index (χ1n) is 6.36. The first kappa shape index (κ1) is 14.8. The summed E-state index contributed by atoms with van der Waals surface area (Å²) in [5, 5.41) is 2.63. The molecule has 20 heavy (non-hydrogen) atoms. The van der Waals surface area contributed by atoms with Crippen LogP contribution < -0.4 is 9.61 Å². The molecule has 0 fully saturated rings. The van der Waals surface area contributed by atoms with Gasteiger partial charge in [0.2, 0.25) is 0 Å². The predicted octanol–water partition coefficient (Wildman–Crippen LogP) is 3.92. The van der Waals surface area contributed by atoms with Crippen LogP contribution >= 0.6 is 7.75 Å². The van der Waals surface area contributed by atoms with Crippen LogP contribution in [-0.4, -0.2) is 7.05 Å². The van der Waals surface area contributed by atoms with Crippen LogP contribution in [0.5, 0.6) is 5.75 Å². The Labute approximate surface area is 119 Å². The van der Waals surface area contributed by atoms with Gasteiger partial charge in [0, 0.05) is 0 Å². The average molecular weight is 291 g/mol. The molecule has 106 valence electrons. The van der Waals surface area contributed by atoms with Gasteiger partial charge in [0.1, 0.15) is 5.75 Å². The lowest BCUT2D eigenvalue weighted by Crippen LogP contribution is -2.12. The molecule has 1 unspecified atom stereocenters. The third-order valence-corrected chi connectivity index (χ3v) is 4.36. The summed E-state index contributed by atoms with van der Waals surface area (Å²) >= 11 is 0. The molecule has 2 rings (SSSR count). The Morgan fingerprint density at radius 3 is 2.35 bits per heavy atom. The number of benzene rings is 2. The number of nitrogens with one attached hydrogen (secondary N) is 1. The van der Waals surface area contributed by atoms with Crippen molar-refractivity contribution in [2.45, 2.75) is 13.5 Å². The third kappa shape index (κ3) is 3.94. The lowest BCUT2D eigenvalue weighted by Gasteiger charge is -2.18. The predicted molar refractivity (Wildman–Crippen MR) is 79.7 cm³/mol. The lowest BCUT2D eigenvalue weighted by atomic mass is 10.1. The van der Waals surface area contributed by atoms with E-state index in [0.29, 0.717) is 5.75 Å². The molecule has 0 saturated carbocycles. The van der Waals surface area contributed by atoms with E-state index in [1.165, 1.54) is 0 Å². The highest BCUT2D eigenvalue weighted by molar-refractivity contribution is 7.52. The molecular formula is C15H18NO3P. The molecule has 2 aromatic rings. The molecule has 2 aromatic carbocycles. The van der Waals surface area contributed by atoms with Crippen LogP contribution in [0.25, 0.3) is 0 Å². The van der Waals surface area contributed by atoms with Gasteiger partial charge in [-0.2, -0.15) is 0 Å². The Morgan fingerprint density at radius 1 is 1.05 bits per heavy atom. The quantitative estimate of drug-likeness (QED) is 0.819. The molecule has 0 heterocycles. The highest BCUT2D eigenvalue weighted by atomic mass is 31.2. The highest BCUT2D eigenvalue weighted by Crippen LogP contribution is 2.44. The van der Waals surface area contributed by atoms with Gasteiger partial charge in [0.05, 0.1) is 6.61 Å². The summed E-state index contributed by atoms with van der Waals surface area (Å²) in [5.41, 5.74) is 2.08. The second kappa shape index (κ2) is 6.71. The minimum atomic E-state index is -3.36. The molecule has 0 aliphatic heterocycles. The summed E-state index contributed by atoms with van der Waals surface area (Å²) in [6.07, 6.45) is 0. The van der Waals surface area contributed by atoms with Crippen molar-refractivity contribution >= 4 is 7.75 Å². The van der Waals surface area contributed by atoms with Crippen LogP contribution in [0.2, 0.25) is 0 Å². The molecule has 0 aromatic heterocycles. The summed E-state index contributed by atoms with van der Waals surface area (Å²) in [7, 11) is -1.80. The van der Waals surface area contributed by atoms with Crippen molar-refractivity contribution in [1.82, 2.24) is 5.09 Å². The maximum atomic E-state index is 12.5. The second-order valence-electron chi connectivity index (χ2n) is 4.33. The Morgan fingerprint density at radius 2 is 1.70 bits per heavy atom. The largest absolute Gasteiger partial charge is 0.458 e. The van der Waals surface area contributed by atoms with Crippen molar-refractivity contribution in [2.24, 2.45) is 0 Å². The van der Waals surface area contributed by atoms with Crippen molar-refractivity contribution in [2.75, 3.05) is 7.05 Å². The molecule has 0 bridgehead atoms. The summed E-state index contributed by atoms with van der Waals surface area (Å²) < 4.78 is 23.4. The van der Waals surface area contributed by atoms with Crippen LogP contribution in [-0.2, 0) is 15.7 Å². The van der Waals surface area contributed by atoms with E-state index in [1.807, 2.05) is 49.4 Å². The molecule has 5 heteroatoms. The zero-order chi connectivity index (χ0) is 14.4. The summed E-state index contributed by atoms with van der Waals surface area (Å²) in [6.45, 7) is 2.22. The van der Waals surface area contributed by atoms with E-state index >= 15 is 0 Å². The van der Waals surface area contributed by atoms with Crippen LogP contribution in [0.3, 0.4) is 0 Å². The maximum Gasteiger partial charge on any atom is 0.458 e. The van der Waals surface area contributed by atoms with Crippen LogP contribution in [0.1, 0.15) is 11.1 Å². The number of aryl methyl sites for hydroxylation is 1. The third-order valence-electron chi connectivity index (χ3n) is 2.89. The minimum Gasteiger partial charge on any atom is -0.413 e. The fourth-order valence-electron chi connectivity index (χ4n) is 1.68. The average Bonchev–Trinajstić information content (AvgIpc) is 2.47. The molecule has 0 saturated heterocycles. The van der Waals surface area contributed by atoms with Crippen molar-refractivity contribution in [3.63, 3.8) is 0 Å². The van der Waals surface area contributed by atoms with E-state index in [9.17, 15) is 4.57 Å². The number of rotatable bonds is 6. The molecule has 0 amide bonds. The van der Waals surface area contributed by atoms with E-state index in [2.05, 4.69) is 5.09 Å². The number of hydrogen-bond acceptors (Lipinski definition) is 3. The van der Waals surface area contributed by atoms with Crippen molar-refractivity contribution in [3.05, 3.63) is 65.7 Å². The van der Waals surface area contributed by atoms with Crippen LogP contribution in [0.4, 0.5) is 0 Å². The van der Waals surface area contributed by atoms with Crippen LogP contribution in [0.15, 0.2) is 54.6 Å². The van der Waals surface area contributed by atoms with E-state index in [1.54, 1.807) is 19.2 Å². The van der Waals surface area contributed by atoms with Gasteiger partial charge < -0.3 is 4.52 Å². The summed E-state index contributed by atoms with van der Waals surface area (Å²) in [6, 6.07) is 16.8. The molecule has 1 N–H and O–H groups in total. The zero-order valence-corrected chi connectivity index (χ0v) is 12.5. The van der Waals surface area contributed by atoms with E-state index in [-0.39, 0.29) is 6.61 Å². The molecular weight excluding hydrogens is 273 g/mol. The Hall–Kier alpha value is -1.61. The van der Waals surface area contributed by atoms with Crippen molar-refractivity contribution in [3.8, 4) is 5.75 Å². The highest BCUT2D eigenvalue weighted by Gasteiger charge is 2.24. The smallest absolute Gasteiger partial charge is 0.413 e. The van der Waals surface area contributed by atoms with Gasteiger partial charge in [-0.3, -0.25) is 4.52 Å². The first-order chi connectivity index (χ1) is 9.63. The van der Waals surface area contributed by atoms with Crippen LogP contribution in [0, 0.1) is 6.92 Å². The SMILES string of the molecule is CNP(=O)(OCc1ccccc1C)Oc1ccccc1. The van der Waals surface area contributed by atoms with Crippen molar-refractivity contribution in [1.29, 1.82) is 0 Å². The molecule has 0 spiro atoms. The Balaban J connectivity index is 2.05. The normalized spacial score (nSPS) is 13.7. The fraction of sp³-hybridized carbons (Fsp3) is 0.200. The maximum absolute atomic E-state index is 12.5. The molecule has 0 radical (unpaired) electrons. The summed E-state index contributed by atoms with van der Waals surface area (Å²) in [4.78, 5) is 0. The van der Waals surface area contributed by atoms with Gasteiger partial charge in [0.25, 0.3) is 0 Å². The topological polar surface area (TPSA) is 47.6 Å². The van der Waals surface area contributed by atoms with Gasteiger partial charge in [-0.15, -0.1) is 0 Å².